The first-order valence-electron chi connectivity index (χ1n) is 8.12. The Labute approximate surface area is 157 Å². The predicted molar refractivity (Wildman–Crippen MR) is 91.6 cm³/mol. The Kier molecular flexibility index (Phi) is 6.16. The number of carbonyl (C=O) groups is 3. The first-order chi connectivity index (χ1) is 13.0. The van der Waals surface area contributed by atoms with Gasteiger partial charge in [0.05, 0.1) is 18.9 Å². The monoisotopic (exact) mass is 397 g/mol. The fourth-order valence-corrected chi connectivity index (χ4v) is 2.54. The molecule has 3 unspecified atom stereocenters. The van der Waals surface area contributed by atoms with Crippen LogP contribution in [0.5, 0.6) is 0 Å². The smallest absolute Gasteiger partial charge is 0.336 e. The number of aromatic amines is 1. The van der Waals surface area contributed by atoms with E-state index >= 15 is 0 Å². The predicted octanol–water partition coefficient (Wildman–Crippen LogP) is -1.90. The van der Waals surface area contributed by atoms with Crippen molar-refractivity contribution in [1.29, 1.82) is 0 Å². The Balaban J connectivity index is 1.94. The van der Waals surface area contributed by atoms with Crippen LogP contribution >= 0.6 is 0 Å². The average Bonchev–Trinajstić information content (AvgIpc) is 3.04. The number of nitrogens with one attached hydrogen (secondary N) is 2. The van der Waals surface area contributed by atoms with Gasteiger partial charge >= 0.3 is 17.6 Å². The Morgan fingerprint density at radius 3 is 2.54 bits per heavy atom. The number of amides is 1. The van der Waals surface area contributed by atoms with Crippen molar-refractivity contribution in [2.24, 2.45) is 0 Å². The maximum absolute atomic E-state index is 11.9. The number of aliphatic carboxylic acids is 2. The highest BCUT2D eigenvalue weighted by atomic mass is 16.5. The number of hydrogen-bond donors (Lipinski definition) is 5. The van der Waals surface area contributed by atoms with Gasteiger partial charge in [0.2, 0.25) is 5.91 Å². The molecule has 28 heavy (non-hydrogen) atoms. The van der Waals surface area contributed by atoms with Crippen LogP contribution in [0.3, 0.4) is 0 Å². The van der Waals surface area contributed by atoms with Crippen LogP contribution in [-0.2, 0) is 19.1 Å². The molecule has 0 aliphatic carbocycles. The molecule has 0 aromatic carbocycles. The van der Waals surface area contributed by atoms with Gasteiger partial charge in [0.1, 0.15) is 0 Å². The highest BCUT2D eigenvalue weighted by Crippen LogP contribution is 2.20. The van der Waals surface area contributed by atoms with Crippen molar-refractivity contribution in [1.82, 2.24) is 14.9 Å². The number of carboxylic acid groups (broad SMARTS) is 2. The molecule has 0 radical (unpaired) electrons. The van der Waals surface area contributed by atoms with E-state index in [1.165, 1.54) is 19.2 Å². The number of rotatable bonds is 8. The third kappa shape index (κ3) is 4.92. The Morgan fingerprint density at radius 1 is 1.25 bits per heavy atom. The van der Waals surface area contributed by atoms with Crippen LogP contribution in [0.25, 0.3) is 0 Å². The number of ether oxygens (including phenoxy) is 1. The van der Waals surface area contributed by atoms with Crippen LogP contribution in [0.1, 0.15) is 24.6 Å². The summed E-state index contributed by atoms with van der Waals surface area (Å²) in [4.78, 5) is 59.0. The number of nitrogens with zero attached hydrogens (tertiary/aromatic N) is 1. The molecule has 1 aromatic rings. The molecule has 1 amide bonds. The van der Waals surface area contributed by atoms with Crippen molar-refractivity contribution < 1.29 is 34.4 Å². The lowest BCUT2D eigenvalue weighted by Gasteiger charge is -2.21. The number of H-pyrrole nitrogens is 1. The number of carboxylic acids is 2. The minimum Gasteiger partial charge on any atom is -0.481 e. The van der Waals surface area contributed by atoms with Gasteiger partial charge in [-0.25, -0.2) is 9.59 Å². The lowest BCUT2D eigenvalue weighted by atomic mass is 9.95. The fourth-order valence-electron chi connectivity index (χ4n) is 2.54. The van der Waals surface area contributed by atoms with Gasteiger partial charge in [-0.05, 0) is 13.0 Å². The van der Waals surface area contributed by atoms with Gasteiger partial charge in [0.25, 0.3) is 5.56 Å². The van der Waals surface area contributed by atoms with Crippen LogP contribution in [0.4, 0.5) is 0 Å². The van der Waals surface area contributed by atoms with Crippen LogP contribution in [-0.4, -0.2) is 61.0 Å². The molecule has 3 atom stereocenters. The summed E-state index contributed by atoms with van der Waals surface area (Å²) in [6.45, 7) is 1.41. The van der Waals surface area contributed by atoms with Crippen LogP contribution in [0.15, 0.2) is 27.9 Å². The number of hydrogen-bond acceptors (Lipinski definition) is 7. The molecule has 5 N–H and O–H groups in total. The summed E-state index contributed by atoms with van der Waals surface area (Å²) in [5.41, 5.74) is -3.61. The molecule has 152 valence electrons. The van der Waals surface area contributed by atoms with E-state index in [4.69, 9.17) is 14.9 Å². The minimum absolute atomic E-state index is 0.105. The Morgan fingerprint density at radius 2 is 1.93 bits per heavy atom. The zero-order valence-electron chi connectivity index (χ0n) is 14.7. The zero-order valence-corrected chi connectivity index (χ0v) is 14.7. The summed E-state index contributed by atoms with van der Waals surface area (Å²) in [6.07, 6.45) is 0.861. The SMILES string of the molecule is Cc1cn(C2C=CC(CNC(=O)CC(O)(CC(=O)O)C(=O)O)O2)c(=O)[nH]c1=O. The number of aryl methyl sites for hydroxylation is 1. The lowest BCUT2D eigenvalue weighted by molar-refractivity contribution is -0.167. The van der Waals surface area contributed by atoms with Crippen molar-refractivity contribution in [3.05, 3.63) is 44.8 Å². The molecule has 12 heteroatoms. The molecular formula is C16H19N3O9. The van der Waals surface area contributed by atoms with Crippen LogP contribution < -0.4 is 16.6 Å². The summed E-state index contributed by atoms with van der Waals surface area (Å²) in [5.74, 6) is -4.28. The molecule has 1 aromatic heterocycles. The summed E-state index contributed by atoms with van der Waals surface area (Å²) in [5, 5.41) is 29.8. The van der Waals surface area contributed by atoms with E-state index < -0.39 is 59.9 Å². The summed E-state index contributed by atoms with van der Waals surface area (Å²) >= 11 is 0. The fraction of sp³-hybridized carbons (Fsp3) is 0.438. The minimum atomic E-state index is -2.73. The molecule has 12 nitrogen and oxygen atoms in total. The first kappa shape index (κ1) is 21.1. The summed E-state index contributed by atoms with van der Waals surface area (Å²) in [6, 6.07) is 0. The average molecular weight is 397 g/mol. The van der Waals surface area contributed by atoms with E-state index in [0.29, 0.717) is 5.56 Å². The maximum atomic E-state index is 11.9. The van der Waals surface area contributed by atoms with Gasteiger partial charge in [0, 0.05) is 18.3 Å². The van der Waals surface area contributed by atoms with Gasteiger partial charge in [-0.2, -0.15) is 0 Å². The molecule has 1 aliphatic heterocycles. The number of aliphatic hydroxyl groups is 1. The Bertz CT molecular complexity index is 932. The van der Waals surface area contributed by atoms with Crippen molar-refractivity contribution in [2.75, 3.05) is 6.54 Å². The maximum Gasteiger partial charge on any atom is 0.336 e. The van der Waals surface area contributed by atoms with E-state index in [0.717, 1.165) is 4.57 Å². The third-order valence-corrected chi connectivity index (χ3v) is 4.02. The van der Waals surface area contributed by atoms with Crippen molar-refractivity contribution >= 4 is 17.8 Å². The number of aromatic nitrogens is 2. The second-order valence-electron chi connectivity index (χ2n) is 6.32. The highest BCUT2D eigenvalue weighted by molar-refractivity contribution is 5.90. The van der Waals surface area contributed by atoms with Crippen LogP contribution in [0.2, 0.25) is 0 Å². The zero-order chi connectivity index (χ0) is 21.1. The number of carbonyl (C=O) groups excluding carboxylic acids is 1. The first-order valence-corrected chi connectivity index (χ1v) is 8.12. The van der Waals surface area contributed by atoms with E-state index in [1.54, 1.807) is 6.08 Å². The van der Waals surface area contributed by atoms with Crippen molar-refractivity contribution in [2.45, 2.75) is 37.7 Å². The quantitative estimate of drug-likeness (QED) is 0.312. The third-order valence-electron chi connectivity index (χ3n) is 4.02. The molecular weight excluding hydrogens is 378 g/mol. The lowest BCUT2D eigenvalue weighted by Crippen LogP contribution is -2.46. The Hall–Kier alpha value is -3.25. The van der Waals surface area contributed by atoms with E-state index in [-0.39, 0.29) is 6.54 Å². The van der Waals surface area contributed by atoms with E-state index in [1.807, 2.05) is 0 Å². The molecule has 2 rings (SSSR count). The topological polar surface area (TPSA) is 188 Å². The molecule has 1 aliphatic rings. The largest absolute Gasteiger partial charge is 0.481 e. The van der Waals surface area contributed by atoms with E-state index in [9.17, 15) is 29.1 Å². The molecule has 0 fully saturated rings. The van der Waals surface area contributed by atoms with Crippen molar-refractivity contribution in [3.63, 3.8) is 0 Å². The van der Waals surface area contributed by atoms with Gasteiger partial charge in [-0.15, -0.1) is 0 Å². The molecule has 0 saturated heterocycles. The molecule has 2 heterocycles. The van der Waals surface area contributed by atoms with Crippen molar-refractivity contribution in [3.8, 4) is 0 Å². The molecule has 0 saturated carbocycles. The molecule has 0 spiro atoms. The van der Waals surface area contributed by atoms with E-state index in [2.05, 4.69) is 10.3 Å². The van der Waals surface area contributed by atoms with Gasteiger partial charge < -0.3 is 25.4 Å². The van der Waals surface area contributed by atoms with Crippen LogP contribution in [0, 0.1) is 6.92 Å². The van der Waals surface area contributed by atoms with Gasteiger partial charge in [0.15, 0.2) is 11.8 Å². The normalized spacial score (nSPS) is 20.5. The second-order valence-corrected chi connectivity index (χ2v) is 6.32. The molecule has 0 bridgehead atoms. The van der Waals surface area contributed by atoms with Gasteiger partial charge in [-0.3, -0.25) is 23.9 Å². The summed E-state index contributed by atoms with van der Waals surface area (Å²) < 4.78 is 6.72. The summed E-state index contributed by atoms with van der Waals surface area (Å²) in [7, 11) is 0. The van der Waals surface area contributed by atoms with Gasteiger partial charge in [-0.1, -0.05) is 6.08 Å². The second kappa shape index (κ2) is 8.19. The highest BCUT2D eigenvalue weighted by Gasteiger charge is 2.40. The standard InChI is InChI=1S/C16H19N3O9/c1-8-7-19(15(26)18-13(8)23)11-3-2-9(28-11)6-17-10(20)4-16(27,14(24)25)5-12(21)22/h2-3,7,9,11,27H,4-6H2,1H3,(H,17,20)(H,21,22)(H,24,25)(H,18,23,26).